The third-order valence-corrected chi connectivity index (χ3v) is 3.82. The minimum absolute atomic E-state index is 0.336. The Hall–Kier alpha value is -0.850. The number of hydrogen-bond donors (Lipinski definition) is 0. The first-order chi connectivity index (χ1) is 7.47. The smallest absolute Gasteiger partial charge is 0.142 e. The van der Waals surface area contributed by atoms with Crippen molar-refractivity contribution < 1.29 is 4.79 Å². The lowest BCUT2D eigenvalue weighted by molar-refractivity contribution is -0.104. The van der Waals surface area contributed by atoms with Crippen molar-refractivity contribution in [2.45, 2.75) is 52.9 Å². The van der Waals surface area contributed by atoms with Crippen LogP contribution in [0.5, 0.6) is 0 Å². The molecule has 16 heavy (non-hydrogen) atoms. The van der Waals surface area contributed by atoms with E-state index in [1.54, 1.807) is 6.08 Å². The Morgan fingerprint density at radius 2 is 2.25 bits per heavy atom. The molecule has 0 N–H and O–H groups in total. The number of hydrogen-bond acceptors (Lipinski definition) is 1. The predicted octanol–water partition coefficient (Wildman–Crippen LogP) is 4.29. The first-order valence-electron chi connectivity index (χ1n) is 6.26. The molecule has 1 aliphatic carbocycles. The maximum absolute atomic E-state index is 10.7. The summed E-state index contributed by atoms with van der Waals surface area (Å²) in [6, 6.07) is 0. The number of carbonyl (C=O) groups is 1. The van der Waals surface area contributed by atoms with Gasteiger partial charge in [0.25, 0.3) is 0 Å². The van der Waals surface area contributed by atoms with E-state index in [9.17, 15) is 4.79 Å². The van der Waals surface area contributed by atoms with Gasteiger partial charge < -0.3 is 0 Å². The number of rotatable bonds is 4. The van der Waals surface area contributed by atoms with Gasteiger partial charge in [0.15, 0.2) is 0 Å². The highest BCUT2D eigenvalue weighted by Gasteiger charge is 2.34. The van der Waals surface area contributed by atoms with Crippen LogP contribution in [0.1, 0.15) is 52.9 Å². The molecule has 0 amide bonds. The van der Waals surface area contributed by atoms with Gasteiger partial charge in [-0.1, -0.05) is 25.0 Å². The maximum Gasteiger partial charge on any atom is 0.142 e. The fourth-order valence-corrected chi connectivity index (χ4v) is 2.85. The van der Waals surface area contributed by atoms with Crippen molar-refractivity contribution in [3.63, 3.8) is 0 Å². The summed E-state index contributed by atoms with van der Waals surface area (Å²) in [5, 5.41) is 0. The van der Waals surface area contributed by atoms with E-state index in [2.05, 4.69) is 27.4 Å². The molecule has 0 aromatic rings. The predicted molar refractivity (Wildman–Crippen MR) is 69.3 cm³/mol. The van der Waals surface area contributed by atoms with Crippen molar-refractivity contribution in [2.24, 2.45) is 11.3 Å². The second kappa shape index (κ2) is 5.47. The average molecular weight is 220 g/mol. The molecule has 0 aromatic carbocycles. The largest absolute Gasteiger partial charge is 0.299 e. The molecule has 90 valence electrons. The highest BCUT2D eigenvalue weighted by atomic mass is 16.1. The van der Waals surface area contributed by atoms with E-state index in [0.29, 0.717) is 11.3 Å². The normalized spacial score (nSPS) is 26.7. The highest BCUT2D eigenvalue weighted by molar-refractivity contribution is 5.66. The minimum atomic E-state index is 0.336. The molecule has 1 unspecified atom stereocenters. The molecule has 1 fully saturated rings. The molecule has 1 nitrogen and oxygen atoms in total. The van der Waals surface area contributed by atoms with E-state index in [4.69, 9.17) is 0 Å². The van der Waals surface area contributed by atoms with E-state index in [1.807, 2.05) is 0 Å². The fourth-order valence-electron chi connectivity index (χ4n) is 2.85. The van der Waals surface area contributed by atoms with Gasteiger partial charge >= 0.3 is 0 Å². The molecular weight excluding hydrogens is 196 g/mol. The quantitative estimate of drug-likeness (QED) is 0.392. The Balaban J connectivity index is 2.80. The summed E-state index contributed by atoms with van der Waals surface area (Å²) in [6.45, 7) is 10.7. The van der Waals surface area contributed by atoms with Crippen LogP contribution in [-0.4, -0.2) is 6.29 Å². The van der Waals surface area contributed by atoms with E-state index in [1.165, 1.54) is 24.0 Å². The molecule has 0 spiro atoms. The lowest BCUT2D eigenvalue weighted by Gasteiger charge is -2.40. The molecule has 1 aliphatic rings. The highest BCUT2D eigenvalue weighted by Crippen LogP contribution is 2.46. The van der Waals surface area contributed by atoms with Gasteiger partial charge in [-0.25, -0.2) is 0 Å². The summed E-state index contributed by atoms with van der Waals surface area (Å²) in [5.74, 6) is 0.558. The van der Waals surface area contributed by atoms with Gasteiger partial charge in [0.1, 0.15) is 6.29 Å². The van der Waals surface area contributed by atoms with Crippen LogP contribution >= 0.6 is 0 Å². The van der Waals surface area contributed by atoms with Gasteiger partial charge in [0.2, 0.25) is 0 Å². The van der Waals surface area contributed by atoms with Crippen molar-refractivity contribution >= 4 is 6.29 Å². The van der Waals surface area contributed by atoms with Crippen molar-refractivity contribution in [2.75, 3.05) is 0 Å². The molecule has 1 rings (SSSR count). The van der Waals surface area contributed by atoms with Crippen LogP contribution in [0.15, 0.2) is 23.8 Å². The minimum Gasteiger partial charge on any atom is -0.299 e. The van der Waals surface area contributed by atoms with Gasteiger partial charge in [0, 0.05) is 0 Å². The second-order valence-electron chi connectivity index (χ2n) is 5.77. The molecule has 0 radical (unpaired) electrons. The van der Waals surface area contributed by atoms with Crippen LogP contribution in [-0.2, 0) is 4.79 Å². The molecule has 0 saturated heterocycles. The SMILES string of the molecule is C=C(C)CCC1/C(=C/C=O)CCCC1(C)C. The van der Waals surface area contributed by atoms with Crippen molar-refractivity contribution in [1.82, 2.24) is 0 Å². The van der Waals surface area contributed by atoms with Crippen LogP contribution in [0.25, 0.3) is 0 Å². The summed E-state index contributed by atoms with van der Waals surface area (Å²) in [5.41, 5.74) is 2.93. The van der Waals surface area contributed by atoms with Gasteiger partial charge in [-0.05, 0) is 56.4 Å². The zero-order valence-corrected chi connectivity index (χ0v) is 10.9. The topological polar surface area (TPSA) is 17.1 Å². The molecule has 0 aromatic heterocycles. The first kappa shape index (κ1) is 13.2. The zero-order chi connectivity index (χ0) is 12.2. The standard InChI is InChI=1S/C15H24O/c1-12(2)7-8-14-13(9-11-16)6-5-10-15(14,3)4/h9,11,14H,1,5-8,10H2,2-4H3/b13-9+. The van der Waals surface area contributed by atoms with E-state index >= 15 is 0 Å². The molecule has 1 atom stereocenters. The van der Waals surface area contributed by atoms with Gasteiger partial charge in [-0.15, -0.1) is 6.58 Å². The molecule has 1 heteroatoms. The van der Waals surface area contributed by atoms with Crippen LogP contribution in [0.2, 0.25) is 0 Å². The third kappa shape index (κ3) is 3.33. The zero-order valence-electron chi connectivity index (χ0n) is 10.9. The van der Waals surface area contributed by atoms with Crippen LogP contribution < -0.4 is 0 Å². The summed E-state index contributed by atoms with van der Waals surface area (Å²) in [6.07, 6.45) is 8.55. The van der Waals surface area contributed by atoms with Crippen molar-refractivity contribution in [3.05, 3.63) is 23.8 Å². The summed E-state index contributed by atoms with van der Waals surface area (Å²) < 4.78 is 0. The Labute approximate surface area is 99.6 Å². The average Bonchev–Trinajstić information content (AvgIpc) is 2.15. The van der Waals surface area contributed by atoms with Crippen molar-refractivity contribution in [1.29, 1.82) is 0 Å². The Kier molecular flexibility index (Phi) is 4.52. The Morgan fingerprint density at radius 3 is 2.81 bits per heavy atom. The fraction of sp³-hybridized carbons (Fsp3) is 0.667. The number of carbonyl (C=O) groups excluding carboxylic acids is 1. The van der Waals surface area contributed by atoms with Crippen LogP contribution in [0.3, 0.4) is 0 Å². The van der Waals surface area contributed by atoms with Crippen LogP contribution in [0.4, 0.5) is 0 Å². The summed E-state index contributed by atoms with van der Waals surface area (Å²) >= 11 is 0. The lowest BCUT2D eigenvalue weighted by atomic mass is 9.64. The summed E-state index contributed by atoms with van der Waals surface area (Å²) in [4.78, 5) is 10.7. The lowest BCUT2D eigenvalue weighted by Crippen LogP contribution is -2.30. The third-order valence-electron chi connectivity index (χ3n) is 3.82. The van der Waals surface area contributed by atoms with E-state index in [0.717, 1.165) is 25.5 Å². The monoisotopic (exact) mass is 220 g/mol. The Bertz CT molecular complexity index is 297. The Morgan fingerprint density at radius 1 is 1.56 bits per heavy atom. The van der Waals surface area contributed by atoms with E-state index in [-0.39, 0.29) is 0 Å². The van der Waals surface area contributed by atoms with Gasteiger partial charge in [-0.2, -0.15) is 0 Å². The molecule has 0 bridgehead atoms. The number of aldehydes is 1. The molecule has 0 heterocycles. The second-order valence-corrected chi connectivity index (χ2v) is 5.77. The maximum atomic E-state index is 10.7. The van der Waals surface area contributed by atoms with Crippen molar-refractivity contribution in [3.8, 4) is 0 Å². The molecular formula is C15H24O. The van der Waals surface area contributed by atoms with E-state index < -0.39 is 0 Å². The number of allylic oxidation sites excluding steroid dienone is 3. The van der Waals surface area contributed by atoms with Gasteiger partial charge in [0.05, 0.1) is 0 Å². The molecule has 1 saturated carbocycles. The molecule has 0 aliphatic heterocycles. The van der Waals surface area contributed by atoms with Crippen LogP contribution in [0, 0.1) is 11.3 Å². The summed E-state index contributed by atoms with van der Waals surface area (Å²) in [7, 11) is 0. The van der Waals surface area contributed by atoms with Gasteiger partial charge in [-0.3, -0.25) is 4.79 Å². The first-order valence-corrected chi connectivity index (χ1v) is 6.26.